The molecule has 0 radical (unpaired) electrons. The van der Waals surface area contributed by atoms with Crippen LogP contribution < -0.4 is 11.3 Å². The molecule has 3 N–H and O–H groups in total. The first kappa shape index (κ1) is 13.0. The predicted molar refractivity (Wildman–Crippen MR) is 62.3 cm³/mol. The molecule has 90 valence electrons. The van der Waals surface area contributed by atoms with Crippen LogP contribution in [0.4, 0.5) is 0 Å². The van der Waals surface area contributed by atoms with Crippen molar-refractivity contribution in [3.05, 3.63) is 24.3 Å². The maximum Gasteiger partial charge on any atom is 0.0914 e. The Bertz CT molecular complexity index is 310. The van der Waals surface area contributed by atoms with E-state index in [2.05, 4.69) is 36.2 Å². The number of aromatic nitrogens is 2. The molecule has 16 heavy (non-hydrogen) atoms. The Morgan fingerprint density at radius 3 is 2.44 bits per heavy atom. The first-order valence-electron chi connectivity index (χ1n) is 5.25. The maximum absolute atomic E-state index is 5.58. The third-order valence-electron chi connectivity index (χ3n) is 2.49. The van der Waals surface area contributed by atoms with Crippen LogP contribution in [0.5, 0.6) is 0 Å². The lowest BCUT2D eigenvalue weighted by atomic mass is 9.83. The SMILES string of the molecule is COC(C(NN)c1cnccn1)C(C)(C)C. The number of methoxy groups -OCH3 is 1. The van der Waals surface area contributed by atoms with E-state index in [0.717, 1.165) is 5.69 Å². The lowest BCUT2D eigenvalue weighted by Crippen LogP contribution is -2.44. The van der Waals surface area contributed by atoms with E-state index in [1.807, 2.05) is 0 Å². The molecule has 5 heteroatoms. The summed E-state index contributed by atoms with van der Waals surface area (Å²) in [6.45, 7) is 6.30. The second kappa shape index (κ2) is 5.34. The number of hydrogen-bond donors (Lipinski definition) is 2. The quantitative estimate of drug-likeness (QED) is 0.590. The van der Waals surface area contributed by atoms with Gasteiger partial charge in [0.1, 0.15) is 0 Å². The normalized spacial score (nSPS) is 15.8. The van der Waals surface area contributed by atoms with Crippen molar-refractivity contribution in [2.24, 2.45) is 11.3 Å². The molecule has 0 aliphatic rings. The first-order chi connectivity index (χ1) is 7.50. The van der Waals surface area contributed by atoms with Crippen molar-refractivity contribution >= 4 is 0 Å². The van der Waals surface area contributed by atoms with E-state index in [-0.39, 0.29) is 17.6 Å². The van der Waals surface area contributed by atoms with Crippen molar-refractivity contribution < 1.29 is 4.74 Å². The van der Waals surface area contributed by atoms with Crippen LogP contribution in [0.15, 0.2) is 18.6 Å². The van der Waals surface area contributed by atoms with Gasteiger partial charge in [0.15, 0.2) is 0 Å². The minimum Gasteiger partial charge on any atom is -0.379 e. The highest BCUT2D eigenvalue weighted by Gasteiger charge is 2.33. The molecule has 0 fully saturated rings. The molecule has 1 rings (SSSR count). The molecule has 0 aliphatic carbocycles. The van der Waals surface area contributed by atoms with E-state index in [4.69, 9.17) is 10.6 Å². The Morgan fingerprint density at radius 1 is 1.38 bits per heavy atom. The molecule has 0 saturated carbocycles. The fraction of sp³-hybridized carbons (Fsp3) is 0.636. The van der Waals surface area contributed by atoms with Crippen LogP contribution in [-0.4, -0.2) is 23.2 Å². The average Bonchev–Trinajstić information content (AvgIpc) is 2.25. The molecule has 1 heterocycles. The molecule has 0 bridgehead atoms. The highest BCUT2D eigenvalue weighted by Crippen LogP contribution is 2.30. The second-order valence-corrected chi connectivity index (χ2v) is 4.80. The monoisotopic (exact) mass is 224 g/mol. The Morgan fingerprint density at radius 2 is 2.06 bits per heavy atom. The van der Waals surface area contributed by atoms with Gasteiger partial charge in [-0.1, -0.05) is 20.8 Å². The molecule has 5 nitrogen and oxygen atoms in total. The Labute approximate surface area is 96.4 Å². The minimum absolute atomic E-state index is 0.0384. The molecule has 0 amide bonds. The standard InChI is InChI=1S/C11H20N4O/c1-11(2,3)10(16-4)9(15-12)8-7-13-5-6-14-8/h5-7,9-10,15H,12H2,1-4H3. The van der Waals surface area contributed by atoms with Crippen LogP contribution in [0.2, 0.25) is 0 Å². The Kier molecular flexibility index (Phi) is 4.35. The van der Waals surface area contributed by atoms with Crippen LogP contribution in [0.25, 0.3) is 0 Å². The number of hydrogen-bond acceptors (Lipinski definition) is 5. The summed E-state index contributed by atoms with van der Waals surface area (Å²) in [7, 11) is 1.68. The van der Waals surface area contributed by atoms with Crippen LogP contribution >= 0.6 is 0 Å². The van der Waals surface area contributed by atoms with Gasteiger partial charge < -0.3 is 4.74 Å². The lowest BCUT2D eigenvalue weighted by Gasteiger charge is -2.35. The van der Waals surface area contributed by atoms with Crippen LogP contribution in [0, 0.1) is 5.41 Å². The zero-order valence-electron chi connectivity index (χ0n) is 10.3. The van der Waals surface area contributed by atoms with Gasteiger partial charge >= 0.3 is 0 Å². The molecular formula is C11H20N4O. The Hall–Kier alpha value is -1.04. The number of nitrogens with one attached hydrogen (secondary N) is 1. The largest absolute Gasteiger partial charge is 0.379 e. The number of ether oxygens (including phenoxy) is 1. The van der Waals surface area contributed by atoms with Gasteiger partial charge in [-0.2, -0.15) is 0 Å². The topological polar surface area (TPSA) is 73.1 Å². The van der Waals surface area contributed by atoms with E-state index >= 15 is 0 Å². The molecule has 0 aromatic carbocycles. The zero-order valence-corrected chi connectivity index (χ0v) is 10.3. The summed E-state index contributed by atoms with van der Waals surface area (Å²) >= 11 is 0. The molecule has 0 saturated heterocycles. The van der Waals surface area contributed by atoms with Crippen molar-refractivity contribution in [2.75, 3.05) is 7.11 Å². The van der Waals surface area contributed by atoms with Crippen LogP contribution in [0.3, 0.4) is 0 Å². The van der Waals surface area contributed by atoms with Gasteiger partial charge in [0.05, 0.1) is 24.0 Å². The maximum atomic E-state index is 5.58. The molecular weight excluding hydrogens is 204 g/mol. The summed E-state index contributed by atoms with van der Waals surface area (Å²) in [5, 5.41) is 0. The van der Waals surface area contributed by atoms with E-state index in [0.29, 0.717) is 0 Å². The van der Waals surface area contributed by atoms with Crippen molar-refractivity contribution in [3.8, 4) is 0 Å². The molecule has 0 spiro atoms. The van der Waals surface area contributed by atoms with Gasteiger partial charge in [-0.25, -0.2) is 5.43 Å². The Balaban J connectivity index is 2.97. The van der Waals surface area contributed by atoms with E-state index < -0.39 is 0 Å². The third-order valence-corrected chi connectivity index (χ3v) is 2.49. The van der Waals surface area contributed by atoms with E-state index in [9.17, 15) is 0 Å². The van der Waals surface area contributed by atoms with Crippen LogP contribution in [0.1, 0.15) is 32.5 Å². The fourth-order valence-corrected chi connectivity index (χ4v) is 1.79. The van der Waals surface area contributed by atoms with Gasteiger partial charge in [-0.15, -0.1) is 0 Å². The smallest absolute Gasteiger partial charge is 0.0914 e. The highest BCUT2D eigenvalue weighted by molar-refractivity contribution is 5.06. The molecule has 1 aromatic rings. The summed E-state index contributed by atoms with van der Waals surface area (Å²) in [6.07, 6.45) is 4.90. The van der Waals surface area contributed by atoms with Crippen molar-refractivity contribution in [1.82, 2.24) is 15.4 Å². The summed E-state index contributed by atoms with van der Waals surface area (Å²) in [5.74, 6) is 5.58. The van der Waals surface area contributed by atoms with E-state index in [1.54, 1.807) is 25.7 Å². The zero-order chi connectivity index (χ0) is 12.2. The van der Waals surface area contributed by atoms with Crippen molar-refractivity contribution in [3.63, 3.8) is 0 Å². The number of rotatable bonds is 4. The fourth-order valence-electron chi connectivity index (χ4n) is 1.79. The molecule has 0 aliphatic heterocycles. The minimum atomic E-state index is -0.168. The van der Waals surface area contributed by atoms with Crippen molar-refractivity contribution in [2.45, 2.75) is 32.9 Å². The first-order valence-corrected chi connectivity index (χ1v) is 5.25. The van der Waals surface area contributed by atoms with Gasteiger partial charge in [0.2, 0.25) is 0 Å². The number of hydrazine groups is 1. The average molecular weight is 224 g/mol. The van der Waals surface area contributed by atoms with Gasteiger partial charge in [0, 0.05) is 19.5 Å². The van der Waals surface area contributed by atoms with E-state index in [1.165, 1.54) is 0 Å². The second-order valence-electron chi connectivity index (χ2n) is 4.80. The summed E-state index contributed by atoms with van der Waals surface area (Å²) in [4.78, 5) is 8.29. The predicted octanol–water partition coefficient (Wildman–Crippen LogP) is 1.04. The molecule has 2 unspecified atom stereocenters. The van der Waals surface area contributed by atoms with Crippen LogP contribution in [-0.2, 0) is 4.74 Å². The third kappa shape index (κ3) is 2.98. The summed E-state index contributed by atoms with van der Waals surface area (Å²) in [5.41, 5.74) is 3.49. The number of nitrogens with two attached hydrogens (primary N) is 1. The highest BCUT2D eigenvalue weighted by atomic mass is 16.5. The van der Waals surface area contributed by atoms with Gasteiger partial charge in [0.25, 0.3) is 0 Å². The molecule has 1 aromatic heterocycles. The lowest BCUT2D eigenvalue weighted by molar-refractivity contribution is -0.0131. The summed E-state index contributed by atoms with van der Waals surface area (Å²) < 4.78 is 5.51. The van der Waals surface area contributed by atoms with Gasteiger partial charge in [-0.05, 0) is 5.41 Å². The number of nitrogens with zero attached hydrogens (tertiary/aromatic N) is 2. The van der Waals surface area contributed by atoms with Gasteiger partial charge in [-0.3, -0.25) is 15.8 Å². The molecule has 2 atom stereocenters. The summed E-state index contributed by atoms with van der Waals surface area (Å²) in [6, 6.07) is -0.168. The van der Waals surface area contributed by atoms with Crippen molar-refractivity contribution in [1.29, 1.82) is 0 Å².